The third-order valence-electron chi connectivity index (χ3n) is 6.21. The van der Waals surface area contributed by atoms with E-state index in [2.05, 4.69) is 17.4 Å². The molecule has 0 bridgehead atoms. The predicted molar refractivity (Wildman–Crippen MR) is 121 cm³/mol. The van der Waals surface area contributed by atoms with Gasteiger partial charge < -0.3 is 19.9 Å². The van der Waals surface area contributed by atoms with Crippen LogP contribution in [0.25, 0.3) is 11.1 Å². The van der Waals surface area contributed by atoms with Gasteiger partial charge in [0.05, 0.1) is 12.6 Å². The molecular weight excluding hydrogens is 424 g/mol. The second-order valence-corrected chi connectivity index (χ2v) is 8.38. The lowest BCUT2D eigenvalue weighted by Gasteiger charge is -2.20. The van der Waals surface area contributed by atoms with Gasteiger partial charge in [-0.1, -0.05) is 61.9 Å². The van der Waals surface area contributed by atoms with Crippen molar-refractivity contribution in [1.82, 2.24) is 10.2 Å². The smallest absolute Gasteiger partial charge is 0.410 e. The van der Waals surface area contributed by atoms with Gasteiger partial charge >= 0.3 is 18.2 Å². The maximum atomic E-state index is 12.5. The van der Waals surface area contributed by atoms with E-state index in [1.54, 1.807) is 0 Å². The van der Waals surface area contributed by atoms with E-state index >= 15 is 0 Å². The molecular formula is C25H28N2O6. The molecule has 1 fully saturated rings. The molecule has 1 saturated heterocycles. The highest BCUT2D eigenvalue weighted by molar-refractivity contribution is 5.81. The number of fused-ring (bicyclic) bond motifs is 3. The number of hydrogen-bond donors (Lipinski definition) is 2. The van der Waals surface area contributed by atoms with Crippen molar-refractivity contribution in [1.29, 1.82) is 0 Å². The van der Waals surface area contributed by atoms with Crippen molar-refractivity contribution in [3.8, 4) is 11.1 Å². The summed E-state index contributed by atoms with van der Waals surface area (Å²) < 4.78 is 10.7. The minimum atomic E-state index is -1.13. The number of amides is 2. The molecule has 0 saturated carbocycles. The molecule has 2 aromatic carbocycles. The molecule has 8 heteroatoms. The van der Waals surface area contributed by atoms with Crippen LogP contribution in [0.3, 0.4) is 0 Å². The molecule has 2 amide bonds. The molecule has 0 aromatic heterocycles. The maximum Gasteiger partial charge on any atom is 0.410 e. The summed E-state index contributed by atoms with van der Waals surface area (Å²) in [6.45, 7) is 2.44. The molecule has 2 aliphatic rings. The van der Waals surface area contributed by atoms with Crippen molar-refractivity contribution in [3.05, 3.63) is 59.7 Å². The molecule has 8 nitrogen and oxygen atoms in total. The number of aliphatic carboxylic acids is 1. The van der Waals surface area contributed by atoms with Gasteiger partial charge in [0, 0.05) is 18.9 Å². The second kappa shape index (κ2) is 9.94. The van der Waals surface area contributed by atoms with Gasteiger partial charge in [-0.25, -0.2) is 14.4 Å². The summed E-state index contributed by atoms with van der Waals surface area (Å²) in [6, 6.07) is 14.5. The Morgan fingerprint density at radius 1 is 1.03 bits per heavy atom. The Morgan fingerprint density at radius 3 is 2.27 bits per heavy atom. The Labute approximate surface area is 192 Å². The van der Waals surface area contributed by atoms with Gasteiger partial charge in [0.25, 0.3) is 0 Å². The molecule has 2 unspecified atom stereocenters. The van der Waals surface area contributed by atoms with Gasteiger partial charge in [-0.3, -0.25) is 4.90 Å². The lowest BCUT2D eigenvalue weighted by molar-refractivity contribution is -0.141. The third kappa shape index (κ3) is 4.79. The summed E-state index contributed by atoms with van der Waals surface area (Å²) in [5.41, 5.74) is 4.50. The van der Waals surface area contributed by atoms with E-state index in [-0.39, 0.29) is 32.1 Å². The minimum Gasteiger partial charge on any atom is -0.480 e. The van der Waals surface area contributed by atoms with Crippen molar-refractivity contribution < 1.29 is 29.0 Å². The van der Waals surface area contributed by atoms with Crippen LogP contribution in [0, 0.1) is 0 Å². The van der Waals surface area contributed by atoms with E-state index in [0.717, 1.165) is 33.6 Å². The Hall–Kier alpha value is -3.55. The zero-order valence-corrected chi connectivity index (χ0v) is 18.5. The van der Waals surface area contributed by atoms with Gasteiger partial charge in [0.1, 0.15) is 12.6 Å². The predicted octanol–water partition coefficient (Wildman–Crippen LogP) is 3.99. The van der Waals surface area contributed by atoms with Gasteiger partial charge in [-0.2, -0.15) is 0 Å². The number of hydrogen-bond acceptors (Lipinski definition) is 5. The van der Waals surface area contributed by atoms with Gasteiger partial charge in [-0.05, 0) is 28.7 Å². The van der Waals surface area contributed by atoms with Crippen LogP contribution in [0.4, 0.5) is 9.59 Å². The Kier molecular flexibility index (Phi) is 6.82. The van der Waals surface area contributed by atoms with Crippen molar-refractivity contribution in [2.45, 2.75) is 44.2 Å². The zero-order chi connectivity index (χ0) is 23.4. The summed E-state index contributed by atoms with van der Waals surface area (Å²) in [6.07, 6.45) is 0.364. The average molecular weight is 453 g/mol. The quantitative estimate of drug-likeness (QED) is 0.616. The van der Waals surface area contributed by atoms with Gasteiger partial charge in [0.2, 0.25) is 0 Å². The number of carbonyl (C=O) groups is 3. The fourth-order valence-electron chi connectivity index (χ4n) is 4.57. The molecule has 1 aliphatic carbocycles. The molecule has 1 aliphatic heterocycles. The molecule has 1 heterocycles. The summed E-state index contributed by atoms with van der Waals surface area (Å²) >= 11 is 0. The normalized spacial score (nSPS) is 19.0. The number of carbonyl (C=O) groups excluding carboxylic acids is 2. The van der Waals surface area contributed by atoms with E-state index in [4.69, 9.17) is 9.47 Å². The van der Waals surface area contributed by atoms with Gasteiger partial charge in [0.15, 0.2) is 0 Å². The number of benzene rings is 2. The Balaban J connectivity index is 1.36. The molecule has 2 aromatic rings. The molecule has 174 valence electrons. The minimum absolute atomic E-state index is 0.0616. The number of carboxylic acids is 1. The Bertz CT molecular complexity index is 994. The van der Waals surface area contributed by atoms with Crippen LogP contribution >= 0.6 is 0 Å². The van der Waals surface area contributed by atoms with Crippen LogP contribution in [0.15, 0.2) is 48.5 Å². The number of alkyl carbamates (subject to hydrolysis) is 1. The number of carboxylic acid groups (broad SMARTS) is 1. The van der Waals surface area contributed by atoms with E-state index in [1.807, 2.05) is 43.3 Å². The first-order valence-electron chi connectivity index (χ1n) is 11.3. The third-order valence-corrected chi connectivity index (χ3v) is 6.21. The topological polar surface area (TPSA) is 105 Å². The lowest BCUT2D eigenvalue weighted by Crippen LogP contribution is -2.42. The fraction of sp³-hybridized carbons (Fsp3) is 0.400. The molecule has 0 spiro atoms. The van der Waals surface area contributed by atoms with Crippen LogP contribution < -0.4 is 5.32 Å². The highest BCUT2D eigenvalue weighted by Gasteiger charge is 2.41. The van der Waals surface area contributed by atoms with E-state index < -0.39 is 30.2 Å². The first kappa shape index (κ1) is 22.6. The Morgan fingerprint density at radius 2 is 1.67 bits per heavy atom. The number of nitrogens with zero attached hydrogens (tertiary/aromatic N) is 1. The van der Waals surface area contributed by atoms with Crippen LogP contribution in [-0.4, -0.2) is 60.0 Å². The number of ether oxygens (including phenoxy) is 2. The number of likely N-dealkylation sites (tertiary alicyclic amines) is 1. The van der Waals surface area contributed by atoms with Crippen molar-refractivity contribution in [3.63, 3.8) is 0 Å². The zero-order valence-electron chi connectivity index (χ0n) is 18.5. The number of unbranched alkanes of at least 4 members (excludes halogenated alkanes) is 1. The first-order valence-corrected chi connectivity index (χ1v) is 11.3. The fourth-order valence-corrected chi connectivity index (χ4v) is 4.57. The van der Waals surface area contributed by atoms with E-state index in [9.17, 15) is 19.5 Å². The van der Waals surface area contributed by atoms with Crippen LogP contribution in [0.2, 0.25) is 0 Å². The maximum absolute atomic E-state index is 12.5. The van der Waals surface area contributed by atoms with Crippen molar-refractivity contribution >= 4 is 18.2 Å². The average Bonchev–Trinajstić information content (AvgIpc) is 3.37. The standard InChI is InChI=1S/C25H28N2O6/c1-2-3-12-32-25(31)27-14-16(13-22(27)23(28)29)26-24(30)33-15-21-19-10-6-4-8-17(19)18-9-5-7-11-20(18)21/h4-11,16,21-22H,2-3,12-15H2,1H3,(H,26,30)(H,28,29). The van der Waals surface area contributed by atoms with Crippen LogP contribution in [-0.2, 0) is 14.3 Å². The van der Waals surface area contributed by atoms with E-state index in [1.165, 1.54) is 0 Å². The first-order chi connectivity index (χ1) is 16.0. The van der Waals surface area contributed by atoms with Crippen LogP contribution in [0.5, 0.6) is 0 Å². The van der Waals surface area contributed by atoms with Crippen molar-refractivity contribution in [2.75, 3.05) is 19.8 Å². The molecule has 2 N–H and O–H groups in total. The highest BCUT2D eigenvalue weighted by Crippen LogP contribution is 2.44. The number of nitrogens with one attached hydrogen (secondary N) is 1. The summed E-state index contributed by atoms with van der Waals surface area (Å²) in [5, 5.41) is 12.2. The highest BCUT2D eigenvalue weighted by atomic mass is 16.6. The van der Waals surface area contributed by atoms with Gasteiger partial charge in [-0.15, -0.1) is 0 Å². The summed E-state index contributed by atoms with van der Waals surface area (Å²) in [7, 11) is 0. The lowest BCUT2D eigenvalue weighted by atomic mass is 9.98. The SMILES string of the molecule is CCCCOC(=O)N1CC(NC(=O)OCC2c3ccccc3-c3ccccc32)CC1C(=O)O. The molecule has 2 atom stereocenters. The molecule has 33 heavy (non-hydrogen) atoms. The second-order valence-electron chi connectivity index (χ2n) is 8.38. The largest absolute Gasteiger partial charge is 0.480 e. The summed E-state index contributed by atoms with van der Waals surface area (Å²) in [4.78, 5) is 37.6. The van der Waals surface area contributed by atoms with Crippen molar-refractivity contribution in [2.24, 2.45) is 0 Å². The van der Waals surface area contributed by atoms with Crippen LogP contribution in [0.1, 0.15) is 43.2 Å². The number of rotatable bonds is 7. The molecule has 0 radical (unpaired) electrons. The van der Waals surface area contributed by atoms with E-state index in [0.29, 0.717) is 6.42 Å². The monoisotopic (exact) mass is 452 g/mol. The summed E-state index contributed by atoms with van der Waals surface area (Å²) in [5.74, 6) is -1.19. The molecule has 4 rings (SSSR count).